The molecular formula is C39H47N5O9. The summed E-state index contributed by atoms with van der Waals surface area (Å²) in [7, 11) is 0. The Kier molecular flexibility index (Phi) is 12.9. The van der Waals surface area contributed by atoms with Crippen molar-refractivity contribution in [2.45, 2.75) is 78.7 Å². The maximum atomic E-state index is 13.9. The van der Waals surface area contributed by atoms with Gasteiger partial charge >= 0.3 is 24.2 Å². The molecule has 1 unspecified atom stereocenters. The lowest BCUT2D eigenvalue weighted by Crippen LogP contribution is -2.56. The first-order valence-corrected chi connectivity index (χ1v) is 17.1. The number of nitrogens with one attached hydrogen (secondary N) is 1. The number of benzene rings is 3. The highest BCUT2D eigenvalue weighted by molar-refractivity contribution is 5.94. The average Bonchev–Trinajstić information content (AvgIpc) is 3.07. The van der Waals surface area contributed by atoms with Crippen LogP contribution in [-0.2, 0) is 32.0 Å². The van der Waals surface area contributed by atoms with Crippen molar-refractivity contribution in [1.82, 2.24) is 9.99 Å². The number of hydrogen-bond acceptors (Lipinski definition) is 11. The van der Waals surface area contributed by atoms with Crippen molar-refractivity contribution < 1.29 is 43.2 Å². The van der Waals surface area contributed by atoms with E-state index in [0.29, 0.717) is 33.9 Å². The van der Waals surface area contributed by atoms with E-state index >= 15 is 0 Å². The second-order valence-corrected chi connectivity index (χ2v) is 14.0. The van der Waals surface area contributed by atoms with Gasteiger partial charge in [-0.3, -0.25) is 15.3 Å². The molecule has 14 heteroatoms. The van der Waals surface area contributed by atoms with Crippen molar-refractivity contribution in [2.75, 3.05) is 23.5 Å². The summed E-state index contributed by atoms with van der Waals surface area (Å²) in [6, 6.07) is 16.8. The van der Waals surface area contributed by atoms with Crippen LogP contribution < -0.4 is 20.8 Å². The number of amides is 3. The number of rotatable bonds is 12. The molecule has 3 aromatic carbocycles. The Hall–Kier alpha value is -5.89. The average molecular weight is 730 g/mol. The van der Waals surface area contributed by atoms with Gasteiger partial charge in [0.05, 0.1) is 18.9 Å². The van der Waals surface area contributed by atoms with E-state index in [-0.39, 0.29) is 30.9 Å². The SMILES string of the molecule is CCOc1cc(C(C(=O)O)N(c2ccc3cnccc3c2)N(C(=O)OC(C)(C)C)C(=O)OC(C)(C)C)ccc1CCOC(=O)Nc1cccc(CN)c1. The molecule has 1 aromatic heterocycles. The number of pyridine rings is 1. The standard InChI is InChI=1S/C39H47N5O9/c1-8-50-32-22-28(13-12-26(32)17-19-51-35(47)42-30-11-9-10-25(20-30)23-40)33(34(45)46)43(31-15-14-29-24-41-18-16-27(29)21-31)44(36(48)52-38(2,3)4)37(49)53-39(5,6)7/h9-16,18,20-22,24,33H,8,17,19,23,40H2,1-7H3,(H,42,47)(H,45,46). The molecule has 4 N–H and O–H groups in total. The van der Waals surface area contributed by atoms with E-state index in [1.807, 2.05) is 6.07 Å². The summed E-state index contributed by atoms with van der Waals surface area (Å²) in [6.07, 6.45) is 0.473. The van der Waals surface area contributed by atoms with E-state index in [9.17, 15) is 24.3 Å². The third kappa shape index (κ3) is 11.0. The summed E-state index contributed by atoms with van der Waals surface area (Å²) in [4.78, 5) is 58.0. The van der Waals surface area contributed by atoms with E-state index < -0.39 is 41.5 Å². The van der Waals surface area contributed by atoms with Crippen molar-refractivity contribution in [3.8, 4) is 5.75 Å². The van der Waals surface area contributed by atoms with Crippen LogP contribution in [0.15, 0.2) is 79.1 Å². The number of hydrazine groups is 1. The fourth-order valence-electron chi connectivity index (χ4n) is 5.26. The van der Waals surface area contributed by atoms with Crippen LogP contribution >= 0.6 is 0 Å². The fraction of sp³-hybridized carbons (Fsp3) is 0.359. The molecule has 1 atom stereocenters. The zero-order valence-electron chi connectivity index (χ0n) is 31.0. The molecule has 0 aliphatic carbocycles. The lowest BCUT2D eigenvalue weighted by atomic mass is 10.0. The smallest absolute Gasteiger partial charge is 0.439 e. The van der Waals surface area contributed by atoms with Crippen molar-refractivity contribution in [3.05, 3.63) is 95.8 Å². The topological polar surface area (TPSA) is 183 Å². The highest BCUT2D eigenvalue weighted by Crippen LogP contribution is 2.36. The monoisotopic (exact) mass is 729 g/mol. The van der Waals surface area contributed by atoms with E-state index in [4.69, 9.17) is 24.7 Å². The quantitative estimate of drug-likeness (QED) is 0.0960. The Balaban J connectivity index is 1.76. The Bertz CT molecular complexity index is 1910. The minimum absolute atomic E-state index is 0.0205. The third-order valence-corrected chi connectivity index (χ3v) is 7.44. The number of carbonyl (C=O) groups is 4. The number of aliphatic carboxylic acids is 1. The molecule has 0 saturated carbocycles. The number of anilines is 2. The first-order valence-electron chi connectivity index (χ1n) is 17.1. The number of nitrogens with zero attached hydrogens (tertiary/aromatic N) is 3. The Labute approximate surface area is 308 Å². The normalized spacial score (nSPS) is 12.0. The number of carboxylic acids is 1. The molecule has 0 aliphatic heterocycles. The molecule has 14 nitrogen and oxygen atoms in total. The minimum Gasteiger partial charge on any atom is -0.494 e. The summed E-state index contributed by atoms with van der Waals surface area (Å²) < 4.78 is 22.6. The van der Waals surface area contributed by atoms with Crippen molar-refractivity contribution in [3.63, 3.8) is 0 Å². The van der Waals surface area contributed by atoms with Crippen molar-refractivity contribution in [2.24, 2.45) is 5.73 Å². The van der Waals surface area contributed by atoms with Gasteiger partial charge in [-0.2, -0.15) is 0 Å². The number of hydrogen-bond donors (Lipinski definition) is 3. The third-order valence-electron chi connectivity index (χ3n) is 7.44. The van der Waals surface area contributed by atoms with Gasteiger partial charge in [-0.15, -0.1) is 5.01 Å². The molecule has 0 spiro atoms. The molecule has 282 valence electrons. The van der Waals surface area contributed by atoms with Crippen LogP contribution in [0.5, 0.6) is 5.75 Å². The van der Waals surface area contributed by atoms with Gasteiger partial charge in [-0.05, 0) is 107 Å². The van der Waals surface area contributed by atoms with Crippen LogP contribution in [0.2, 0.25) is 0 Å². The summed E-state index contributed by atoms with van der Waals surface area (Å²) in [5, 5.41) is 16.6. The van der Waals surface area contributed by atoms with Gasteiger partial charge in [0, 0.05) is 36.4 Å². The van der Waals surface area contributed by atoms with E-state index in [0.717, 1.165) is 16.0 Å². The number of aromatic nitrogens is 1. The van der Waals surface area contributed by atoms with Crippen LogP contribution in [-0.4, -0.2) is 63.8 Å². The summed E-state index contributed by atoms with van der Waals surface area (Å²) in [6.45, 7) is 12.1. The molecule has 3 amide bonds. The zero-order valence-corrected chi connectivity index (χ0v) is 31.0. The number of ether oxygens (including phenoxy) is 4. The highest BCUT2D eigenvalue weighted by atomic mass is 16.6. The van der Waals surface area contributed by atoms with Crippen LogP contribution in [0.25, 0.3) is 10.8 Å². The van der Waals surface area contributed by atoms with Gasteiger partial charge in [-0.1, -0.05) is 30.3 Å². The Morgan fingerprint density at radius 2 is 1.58 bits per heavy atom. The minimum atomic E-state index is -1.69. The molecule has 4 rings (SSSR count). The van der Waals surface area contributed by atoms with E-state index in [1.54, 1.807) is 115 Å². The molecular weight excluding hydrogens is 682 g/mol. The number of carboxylic acid groups (broad SMARTS) is 1. The Morgan fingerprint density at radius 3 is 2.21 bits per heavy atom. The predicted molar refractivity (Wildman–Crippen MR) is 200 cm³/mol. The molecule has 1 heterocycles. The van der Waals surface area contributed by atoms with Gasteiger partial charge in [0.25, 0.3) is 0 Å². The van der Waals surface area contributed by atoms with Crippen molar-refractivity contribution >= 4 is 46.4 Å². The maximum Gasteiger partial charge on any atom is 0.439 e. The predicted octanol–water partition coefficient (Wildman–Crippen LogP) is 7.60. The van der Waals surface area contributed by atoms with Crippen LogP contribution in [0.4, 0.5) is 25.8 Å². The molecule has 0 radical (unpaired) electrons. The zero-order chi connectivity index (χ0) is 38.9. The van der Waals surface area contributed by atoms with Gasteiger partial charge in [0.2, 0.25) is 0 Å². The second kappa shape index (κ2) is 17.1. The molecule has 0 aliphatic rings. The van der Waals surface area contributed by atoms with Gasteiger partial charge < -0.3 is 29.8 Å². The number of imide groups is 1. The highest BCUT2D eigenvalue weighted by Gasteiger charge is 2.43. The van der Waals surface area contributed by atoms with Crippen molar-refractivity contribution in [1.29, 1.82) is 0 Å². The van der Waals surface area contributed by atoms with Crippen LogP contribution in [0, 0.1) is 0 Å². The summed E-state index contributed by atoms with van der Waals surface area (Å²) in [5.74, 6) is -1.08. The Morgan fingerprint density at radius 1 is 0.887 bits per heavy atom. The summed E-state index contributed by atoms with van der Waals surface area (Å²) >= 11 is 0. The van der Waals surface area contributed by atoms with E-state index in [2.05, 4.69) is 10.3 Å². The van der Waals surface area contributed by atoms with E-state index in [1.165, 1.54) is 6.07 Å². The molecule has 0 saturated heterocycles. The number of nitrogens with two attached hydrogens (primary N) is 1. The summed E-state index contributed by atoms with van der Waals surface area (Å²) in [5.41, 5.74) is 5.91. The first kappa shape index (κ1) is 39.9. The van der Waals surface area contributed by atoms with Gasteiger partial charge in [0.15, 0.2) is 6.04 Å². The molecule has 4 aromatic rings. The maximum absolute atomic E-state index is 13.9. The molecule has 0 fully saturated rings. The molecule has 53 heavy (non-hydrogen) atoms. The van der Waals surface area contributed by atoms with Gasteiger partial charge in [0.1, 0.15) is 17.0 Å². The fourth-order valence-corrected chi connectivity index (χ4v) is 5.26. The molecule has 0 bridgehead atoms. The van der Waals surface area contributed by atoms with Gasteiger partial charge in [-0.25, -0.2) is 19.2 Å². The number of fused-ring (bicyclic) bond motifs is 1. The first-order chi connectivity index (χ1) is 25.0. The number of carbonyl (C=O) groups excluding carboxylic acids is 3. The van der Waals surface area contributed by atoms with Crippen LogP contribution in [0.1, 0.15) is 71.2 Å². The largest absolute Gasteiger partial charge is 0.494 e. The van der Waals surface area contributed by atoms with Crippen LogP contribution in [0.3, 0.4) is 0 Å². The second-order valence-electron chi connectivity index (χ2n) is 14.0. The lowest BCUT2D eigenvalue weighted by molar-refractivity contribution is -0.139. The lowest BCUT2D eigenvalue weighted by Gasteiger charge is -2.39.